The van der Waals surface area contributed by atoms with E-state index in [4.69, 9.17) is 9.47 Å². The van der Waals surface area contributed by atoms with Crippen LogP contribution in [0.25, 0.3) is 0 Å². The lowest BCUT2D eigenvalue weighted by Gasteiger charge is -2.24. The SMILES string of the molecule is O=C(N/N=C/c1c(F)cccc1F)C1COc2ccccc2O1. The second kappa shape index (κ2) is 6.43. The third kappa shape index (κ3) is 3.28. The number of hydrazone groups is 1. The van der Waals surface area contributed by atoms with Crippen LogP contribution in [0.4, 0.5) is 8.78 Å². The minimum Gasteiger partial charge on any atom is -0.485 e. The predicted octanol–water partition coefficient (Wildman–Crippen LogP) is 2.25. The topological polar surface area (TPSA) is 59.9 Å². The number of hydrogen-bond acceptors (Lipinski definition) is 4. The van der Waals surface area contributed by atoms with Gasteiger partial charge in [0, 0.05) is 0 Å². The van der Waals surface area contributed by atoms with Crippen molar-refractivity contribution >= 4 is 12.1 Å². The van der Waals surface area contributed by atoms with E-state index in [-0.39, 0.29) is 12.2 Å². The number of hydrogen-bond donors (Lipinski definition) is 1. The van der Waals surface area contributed by atoms with Gasteiger partial charge in [-0.3, -0.25) is 4.79 Å². The Morgan fingerprint density at radius 1 is 1.13 bits per heavy atom. The van der Waals surface area contributed by atoms with E-state index in [0.717, 1.165) is 18.3 Å². The first kappa shape index (κ1) is 15.0. The van der Waals surface area contributed by atoms with Crippen molar-refractivity contribution in [2.24, 2.45) is 5.10 Å². The van der Waals surface area contributed by atoms with E-state index < -0.39 is 23.6 Å². The van der Waals surface area contributed by atoms with Gasteiger partial charge in [-0.1, -0.05) is 18.2 Å². The molecule has 23 heavy (non-hydrogen) atoms. The molecule has 0 bridgehead atoms. The number of amides is 1. The molecule has 1 heterocycles. The van der Waals surface area contributed by atoms with Gasteiger partial charge in [-0.25, -0.2) is 14.2 Å². The molecule has 0 aromatic heterocycles. The van der Waals surface area contributed by atoms with Crippen molar-refractivity contribution in [3.05, 3.63) is 59.7 Å². The molecular formula is C16H12F2N2O3. The number of fused-ring (bicyclic) bond motifs is 1. The fourth-order valence-electron chi connectivity index (χ4n) is 2.02. The molecule has 3 rings (SSSR count). The Morgan fingerprint density at radius 2 is 1.83 bits per heavy atom. The van der Waals surface area contributed by atoms with E-state index in [1.54, 1.807) is 24.3 Å². The molecule has 0 saturated carbocycles. The molecule has 1 aliphatic heterocycles. The molecule has 1 unspecified atom stereocenters. The number of carbonyl (C=O) groups excluding carboxylic acids is 1. The number of nitrogens with one attached hydrogen (secondary N) is 1. The van der Waals surface area contributed by atoms with E-state index in [1.807, 2.05) is 0 Å². The smallest absolute Gasteiger partial charge is 0.284 e. The number of para-hydroxylation sites is 2. The van der Waals surface area contributed by atoms with Gasteiger partial charge in [0.15, 0.2) is 11.5 Å². The van der Waals surface area contributed by atoms with Crippen molar-refractivity contribution in [2.45, 2.75) is 6.10 Å². The zero-order valence-corrected chi connectivity index (χ0v) is 11.8. The number of rotatable bonds is 3. The zero-order valence-electron chi connectivity index (χ0n) is 11.8. The lowest BCUT2D eigenvalue weighted by molar-refractivity contribution is -0.130. The minimum absolute atomic E-state index is 0.0203. The van der Waals surface area contributed by atoms with E-state index in [0.29, 0.717) is 11.5 Å². The summed E-state index contributed by atoms with van der Waals surface area (Å²) >= 11 is 0. The summed E-state index contributed by atoms with van der Waals surface area (Å²) in [6.45, 7) is 0.0203. The Morgan fingerprint density at radius 3 is 2.57 bits per heavy atom. The molecule has 0 fully saturated rings. The van der Waals surface area contributed by atoms with Gasteiger partial charge in [-0.2, -0.15) is 5.10 Å². The van der Waals surface area contributed by atoms with Gasteiger partial charge in [0.2, 0.25) is 6.10 Å². The zero-order chi connectivity index (χ0) is 16.2. The number of nitrogens with zero attached hydrogens (tertiary/aromatic N) is 1. The highest BCUT2D eigenvalue weighted by Crippen LogP contribution is 2.30. The molecule has 2 aromatic carbocycles. The van der Waals surface area contributed by atoms with E-state index >= 15 is 0 Å². The van der Waals surface area contributed by atoms with Crippen LogP contribution in [0, 0.1) is 11.6 Å². The maximum atomic E-state index is 13.4. The second-order valence-corrected chi connectivity index (χ2v) is 4.73. The van der Waals surface area contributed by atoms with Gasteiger partial charge < -0.3 is 9.47 Å². The van der Waals surface area contributed by atoms with Crippen molar-refractivity contribution in [1.29, 1.82) is 0 Å². The molecule has 0 aliphatic carbocycles. The summed E-state index contributed by atoms with van der Waals surface area (Å²) in [5.74, 6) is -1.12. The molecule has 118 valence electrons. The molecule has 2 aromatic rings. The Bertz CT molecular complexity index is 744. The number of benzene rings is 2. The highest BCUT2D eigenvalue weighted by molar-refractivity contribution is 5.85. The summed E-state index contributed by atoms with van der Waals surface area (Å²) in [6.07, 6.45) is 0.00716. The predicted molar refractivity (Wildman–Crippen MR) is 78.4 cm³/mol. The normalized spacial score (nSPS) is 16.3. The lowest BCUT2D eigenvalue weighted by atomic mass is 10.2. The summed E-state index contributed by atoms with van der Waals surface area (Å²) in [4.78, 5) is 12.0. The van der Waals surface area contributed by atoms with E-state index in [1.165, 1.54) is 6.07 Å². The molecular weight excluding hydrogens is 306 g/mol. The molecule has 0 spiro atoms. The molecule has 0 saturated heterocycles. The van der Waals surface area contributed by atoms with Crippen molar-refractivity contribution < 1.29 is 23.0 Å². The van der Waals surface area contributed by atoms with Gasteiger partial charge in [-0.15, -0.1) is 0 Å². The fourth-order valence-corrected chi connectivity index (χ4v) is 2.02. The molecule has 1 aliphatic rings. The van der Waals surface area contributed by atoms with Gasteiger partial charge in [0.1, 0.15) is 18.2 Å². The first-order valence-electron chi connectivity index (χ1n) is 6.80. The quantitative estimate of drug-likeness (QED) is 0.697. The number of halogens is 2. The van der Waals surface area contributed by atoms with Crippen molar-refractivity contribution in [3.8, 4) is 11.5 Å². The Balaban J connectivity index is 1.63. The molecule has 1 amide bonds. The summed E-state index contributed by atoms with van der Waals surface area (Å²) in [7, 11) is 0. The van der Waals surface area contributed by atoms with Crippen LogP contribution < -0.4 is 14.9 Å². The van der Waals surface area contributed by atoms with Crippen molar-refractivity contribution in [3.63, 3.8) is 0 Å². The summed E-state index contributed by atoms with van der Waals surface area (Å²) in [6, 6.07) is 10.4. The molecule has 7 heteroatoms. The minimum atomic E-state index is -0.896. The number of carbonyl (C=O) groups is 1. The fraction of sp³-hybridized carbons (Fsp3) is 0.125. The molecule has 0 radical (unpaired) electrons. The van der Waals surface area contributed by atoms with Crippen LogP contribution in [-0.2, 0) is 4.79 Å². The average Bonchev–Trinajstić information content (AvgIpc) is 2.57. The lowest BCUT2D eigenvalue weighted by Crippen LogP contribution is -2.42. The first-order valence-corrected chi connectivity index (χ1v) is 6.80. The Labute approximate surface area is 130 Å². The third-order valence-electron chi connectivity index (χ3n) is 3.17. The van der Waals surface area contributed by atoms with Gasteiger partial charge >= 0.3 is 0 Å². The maximum Gasteiger partial charge on any atom is 0.284 e. The number of ether oxygens (including phenoxy) is 2. The largest absolute Gasteiger partial charge is 0.485 e. The van der Waals surface area contributed by atoms with Gasteiger partial charge in [0.05, 0.1) is 11.8 Å². The standard InChI is InChI=1S/C16H12F2N2O3/c17-11-4-3-5-12(18)10(11)8-19-20-16(21)15-9-22-13-6-1-2-7-14(13)23-15/h1-8,15H,9H2,(H,20,21)/b19-8+. The van der Waals surface area contributed by atoms with Crippen LogP contribution in [0.1, 0.15) is 5.56 Å². The van der Waals surface area contributed by atoms with E-state index in [9.17, 15) is 13.6 Å². The Hall–Kier alpha value is -2.96. The molecule has 1 atom stereocenters. The summed E-state index contributed by atoms with van der Waals surface area (Å²) in [5.41, 5.74) is 1.84. The van der Waals surface area contributed by atoms with E-state index in [2.05, 4.69) is 10.5 Å². The highest BCUT2D eigenvalue weighted by Gasteiger charge is 2.27. The Kier molecular flexibility index (Phi) is 4.18. The first-order chi connectivity index (χ1) is 11.1. The maximum absolute atomic E-state index is 13.4. The van der Waals surface area contributed by atoms with Gasteiger partial charge in [0.25, 0.3) is 5.91 Å². The second-order valence-electron chi connectivity index (χ2n) is 4.73. The summed E-state index contributed by atoms with van der Waals surface area (Å²) in [5, 5.41) is 3.55. The van der Waals surface area contributed by atoms with Crippen LogP contribution in [0.3, 0.4) is 0 Å². The van der Waals surface area contributed by atoms with Crippen LogP contribution >= 0.6 is 0 Å². The monoisotopic (exact) mass is 318 g/mol. The molecule has 5 nitrogen and oxygen atoms in total. The molecule has 1 N–H and O–H groups in total. The van der Waals surface area contributed by atoms with Crippen molar-refractivity contribution in [1.82, 2.24) is 5.43 Å². The van der Waals surface area contributed by atoms with Crippen LogP contribution in [0.2, 0.25) is 0 Å². The van der Waals surface area contributed by atoms with Crippen molar-refractivity contribution in [2.75, 3.05) is 6.61 Å². The summed E-state index contributed by atoms with van der Waals surface area (Å²) < 4.78 is 37.7. The van der Waals surface area contributed by atoms with Crippen LogP contribution in [0.5, 0.6) is 11.5 Å². The van der Waals surface area contributed by atoms with Crippen LogP contribution in [0.15, 0.2) is 47.6 Å². The third-order valence-corrected chi connectivity index (χ3v) is 3.17. The van der Waals surface area contributed by atoms with Gasteiger partial charge in [-0.05, 0) is 24.3 Å². The van der Waals surface area contributed by atoms with Crippen LogP contribution in [-0.4, -0.2) is 24.8 Å². The average molecular weight is 318 g/mol. The highest BCUT2D eigenvalue weighted by atomic mass is 19.1.